The lowest BCUT2D eigenvalue weighted by Gasteiger charge is -2.19. The van der Waals surface area contributed by atoms with Gasteiger partial charge in [-0.25, -0.2) is 4.57 Å². The van der Waals surface area contributed by atoms with Gasteiger partial charge in [0.05, 0.1) is 13.2 Å². The molecular formula is C42H74NO8P. The summed E-state index contributed by atoms with van der Waals surface area (Å²) in [5.74, 6) is -0.870. The minimum atomic E-state index is -4.38. The predicted octanol–water partition coefficient (Wildman–Crippen LogP) is 11.3. The van der Waals surface area contributed by atoms with Crippen molar-refractivity contribution < 1.29 is 37.6 Å². The van der Waals surface area contributed by atoms with E-state index in [1.807, 2.05) is 0 Å². The van der Waals surface area contributed by atoms with Crippen molar-refractivity contribution in [2.75, 3.05) is 26.4 Å². The Morgan fingerprint density at radius 3 is 1.58 bits per heavy atom. The number of phosphoric ester groups is 1. The predicted molar refractivity (Wildman–Crippen MR) is 215 cm³/mol. The smallest absolute Gasteiger partial charge is 0.462 e. The molecule has 0 heterocycles. The molecule has 0 rings (SSSR count). The van der Waals surface area contributed by atoms with Crippen LogP contribution >= 0.6 is 7.82 Å². The van der Waals surface area contributed by atoms with Gasteiger partial charge >= 0.3 is 19.8 Å². The number of ether oxygens (including phenoxy) is 2. The molecule has 0 aliphatic heterocycles. The van der Waals surface area contributed by atoms with Crippen LogP contribution in [0.1, 0.15) is 162 Å². The molecule has 2 atom stereocenters. The van der Waals surface area contributed by atoms with Crippen molar-refractivity contribution in [1.29, 1.82) is 0 Å². The van der Waals surface area contributed by atoms with Crippen LogP contribution in [0.25, 0.3) is 0 Å². The molecule has 0 bridgehead atoms. The maximum Gasteiger partial charge on any atom is 0.472 e. The third-order valence-corrected chi connectivity index (χ3v) is 9.15. The summed E-state index contributed by atoms with van der Waals surface area (Å²) in [5, 5.41) is 0. The third kappa shape index (κ3) is 37.5. The molecule has 2 unspecified atom stereocenters. The summed E-state index contributed by atoms with van der Waals surface area (Å²) in [4.78, 5) is 34.8. The highest BCUT2D eigenvalue weighted by Gasteiger charge is 2.25. The molecule has 0 radical (unpaired) electrons. The van der Waals surface area contributed by atoms with Crippen LogP contribution in [-0.2, 0) is 32.7 Å². The Labute approximate surface area is 317 Å². The number of esters is 2. The molecule has 0 fully saturated rings. The lowest BCUT2D eigenvalue weighted by Crippen LogP contribution is -2.29. The molecule has 10 heteroatoms. The van der Waals surface area contributed by atoms with E-state index in [4.69, 9.17) is 24.3 Å². The standard InChI is InChI=1S/C42H74NO8P/c1-3-5-7-9-11-13-15-17-18-19-20-21-22-23-25-26-28-30-32-34-41(44)48-38-40(39-50-52(46,47)49-37-36-43)51-42(45)35-33-31-29-27-24-16-14-12-10-8-6-4-2/h5,7,11,13,17-18,20-21,23,25,40H,3-4,6,8-10,12,14-16,19,22,24,26-39,43H2,1-2H3,(H,46,47). The molecular weight excluding hydrogens is 677 g/mol. The van der Waals surface area contributed by atoms with Gasteiger partial charge in [-0.1, -0.05) is 152 Å². The molecule has 0 saturated heterocycles. The molecule has 0 spiro atoms. The van der Waals surface area contributed by atoms with Gasteiger partial charge in [-0.3, -0.25) is 18.6 Å². The molecule has 0 aliphatic carbocycles. The van der Waals surface area contributed by atoms with Crippen molar-refractivity contribution in [2.24, 2.45) is 5.73 Å². The normalized spacial score (nSPS) is 14.0. The van der Waals surface area contributed by atoms with Crippen LogP contribution in [-0.4, -0.2) is 49.3 Å². The van der Waals surface area contributed by atoms with Crippen molar-refractivity contribution in [2.45, 2.75) is 168 Å². The lowest BCUT2D eigenvalue weighted by molar-refractivity contribution is -0.161. The highest BCUT2D eigenvalue weighted by Crippen LogP contribution is 2.43. The number of carbonyl (C=O) groups excluding carboxylic acids is 2. The summed E-state index contributed by atoms with van der Waals surface area (Å²) in [6.45, 7) is 3.56. The third-order valence-electron chi connectivity index (χ3n) is 8.17. The fourth-order valence-electron chi connectivity index (χ4n) is 5.19. The van der Waals surface area contributed by atoms with Crippen LogP contribution < -0.4 is 5.73 Å². The maximum atomic E-state index is 12.5. The van der Waals surface area contributed by atoms with E-state index < -0.39 is 32.5 Å². The number of nitrogens with two attached hydrogens (primary N) is 1. The SMILES string of the molecule is CCC=CCC=CCC=CCC=CCC=CCCCCCC(=O)OCC(COP(=O)(O)OCCN)OC(=O)CCCCCCCCCCCCCC. The molecule has 9 nitrogen and oxygen atoms in total. The molecule has 300 valence electrons. The van der Waals surface area contributed by atoms with Crippen molar-refractivity contribution in [3.8, 4) is 0 Å². The molecule has 0 saturated carbocycles. The van der Waals surface area contributed by atoms with E-state index in [2.05, 4.69) is 74.6 Å². The molecule has 3 N–H and O–H groups in total. The van der Waals surface area contributed by atoms with Crippen LogP contribution in [0.3, 0.4) is 0 Å². The van der Waals surface area contributed by atoms with Gasteiger partial charge < -0.3 is 20.1 Å². The quantitative estimate of drug-likeness (QED) is 0.0275. The van der Waals surface area contributed by atoms with Gasteiger partial charge in [0.1, 0.15) is 6.61 Å². The number of carbonyl (C=O) groups is 2. The van der Waals surface area contributed by atoms with Gasteiger partial charge in [-0.2, -0.15) is 0 Å². The minimum absolute atomic E-state index is 0.0469. The number of allylic oxidation sites excluding steroid dienone is 10. The fourth-order valence-corrected chi connectivity index (χ4v) is 5.95. The first-order valence-electron chi connectivity index (χ1n) is 20.3. The first kappa shape index (κ1) is 49.7. The van der Waals surface area contributed by atoms with Crippen LogP contribution in [0.15, 0.2) is 60.8 Å². The van der Waals surface area contributed by atoms with E-state index in [0.29, 0.717) is 12.8 Å². The Bertz CT molecular complexity index is 1040. The average molecular weight is 752 g/mol. The highest BCUT2D eigenvalue weighted by atomic mass is 31.2. The van der Waals surface area contributed by atoms with Crippen LogP contribution in [0.4, 0.5) is 0 Å². The second-order valence-corrected chi connectivity index (χ2v) is 14.6. The second kappa shape index (κ2) is 38.4. The van der Waals surface area contributed by atoms with E-state index in [1.165, 1.54) is 51.4 Å². The van der Waals surface area contributed by atoms with Gasteiger partial charge in [-0.15, -0.1) is 0 Å². The monoisotopic (exact) mass is 752 g/mol. The summed E-state index contributed by atoms with van der Waals surface area (Å²) in [7, 11) is -4.38. The van der Waals surface area contributed by atoms with E-state index in [1.54, 1.807) is 0 Å². The van der Waals surface area contributed by atoms with E-state index in [-0.39, 0.29) is 32.6 Å². The maximum absolute atomic E-state index is 12.5. The zero-order valence-corrected chi connectivity index (χ0v) is 33.7. The summed E-state index contributed by atoms with van der Waals surface area (Å²) in [5.41, 5.74) is 5.33. The largest absolute Gasteiger partial charge is 0.472 e. The summed E-state index contributed by atoms with van der Waals surface area (Å²) in [6.07, 6.45) is 43.9. The van der Waals surface area contributed by atoms with Crippen LogP contribution in [0, 0.1) is 0 Å². The Hall–Kier alpha value is -2.29. The number of unbranched alkanes of at least 4 members (excludes halogenated alkanes) is 14. The fraction of sp³-hybridized carbons (Fsp3) is 0.714. The molecule has 0 amide bonds. The van der Waals surface area contributed by atoms with Crippen molar-refractivity contribution >= 4 is 19.8 Å². The first-order chi connectivity index (χ1) is 25.3. The summed E-state index contributed by atoms with van der Waals surface area (Å²) in [6, 6.07) is 0. The number of hydrogen-bond acceptors (Lipinski definition) is 8. The van der Waals surface area contributed by atoms with Gasteiger partial charge in [0, 0.05) is 19.4 Å². The van der Waals surface area contributed by atoms with Crippen molar-refractivity contribution in [3.05, 3.63) is 60.8 Å². The van der Waals surface area contributed by atoms with Gasteiger partial charge in [-0.05, 0) is 57.8 Å². The van der Waals surface area contributed by atoms with Crippen LogP contribution in [0.5, 0.6) is 0 Å². The zero-order valence-electron chi connectivity index (χ0n) is 32.8. The summed E-state index contributed by atoms with van der Waals surface area (Å²) < 4.78 is 32.7. The molecule has 0 aliphatic rings. The second-order valence-electron chi connectivity index (χ2n) is 13.1. The van der Waals surface area contributed by atoms with Gasteiger partial charge in [0.25, 0.3) is 0 Å². The Balaban J connectivity index is 4.25. The molecule has 0 aromatic rings. The average Bonchev–Trinajstić information content (AvgIpc) is 3.13. The molecule has 52 heavy (non-hydrogen) atoms. The topological polar surface area (TPSA) is 134 Å². The van der Waals surface area contributed by atoms with E-state index in [0.717, 1.165) is 70.6 Å². The Morgan fingerprint density at radius 2 is 1.06 bits per heavy atom. The molecule has 0 aromatic heterocycles. The lowest BCUT2D eigenvalue weighted by atomic mass is 10.0. The van der Waals surface area contributed by atoms with Gasteiger partial charge in [0.2, 0.25) is 0 Å². The number of hydrogen-bond donors (Lipinski definition) is 2. The minimum Gasteiger partial charge on any atom is -0.462 e. The van der Waals surface area contributed by atoms with Crippen molar-refractivity contribution in [3.63, 3.8) is 0 Å². The first-order valence-corrected chi connectivity index (χ1v) is 21.8. The van der Waals surface area contributed by atoms with E-state index in [9.17, 15) is 19.0 Å². The Kier molecular flexibility index (Phi) is 36.7. The van der Waals surface area contributed by atoms with Gasteiger partial charge in [0.15, 0.2) is 6.10 Å². The molecule has 0 aromatic carbocycles. The Morgan fingerprint density at radius 1 is 0.596 bits per heavy atom. The number of rotatable bonds is 37. The zero-order chi connectivity index (χ0) is 38.2. The van der Waals surface area contributed by atoms with Crippen molar-refractivity contribution in [1.82, 2.24) is 0 Å². The van der Waals surface area contributed by atoms with Crippen LogP contribution in [0.2, 0.25) is 0 Å². The van der Waals surface area contributed by atoms with E-state index >= 15 is 0 Å². The number of phosphoric acid groups is 1. The summed E-state index contributed by atoms with van der Waals surface area (Å²) >= 11 is 0. The highest BCUT2D eigenvalue weighted by molar-refractivity contribution is 7.47.